The van der Waals surface area contributed by atoms with Gasteiger partial charge in [0.25, 0.3) is 12.1 Å². The van der Waals surface area contributed by atoms with Gasteiger partial charge in [-0.3, -0.25) is 0 Å². The van der Waals surface area contributed by atoms with Crippen LogP contribution < -0.4 is 11.3 Å². The molecule has 12 N–H and O–H groups in total. The van der Waals surface area contributed by atoms with E-state index < -0.39 is 166 Å². The molecule has 22 nitrogen and oxygen atoms in total. The zero-order valence-electron chi connectivity index (χ0n) is 26.4. The molecule has 2 aliphatic heterocycles. The number of hydrogen-bond acceptors (Lipinski definition) is 22. The summed E-state index contributed by atoms with van der Waals surface area (Å²) >= 11 is 0. The molecule has 0 saturated carbocycles. The summed E-state index contributed by atoms with van der Waals surface area (Å²) in [6.45, 7) is 0. The lowest BCUT2D eigenvalue weighted by Crippen LogP contribution is -2.39. The Kier molecular flexibility index (Phi) is 7.51. The summed E-state index contributed by atoms with van der Waals surface area (Å²) in [5, 5.41) is 121. The molecular formula is C33H18O22. The van der Waals surface area contributed by atoms with E-state index in [1.165, 1.54) is 0 Å². The summed E-state index contributed by atoms with van der Waals surface area (Å²) in [4.78, 5) is 68.5. The van der Waals surface area contributed by atoms with E-state index in [1.807, 2.05) is 0 Å². The van der Waals surface area contributed by atoms with Gasteiger partial charge in [0.05, 0.1) is 21.9 Å². The SMILES string of the molecule is O=C1OC2OC(=O)c3oc(=O)c4cc(O)c(O)c(O)c4c4c(O)c(O)c(O)cc4c(=O)oc3C2OC(=O)c2cc(O)c(O)c(O)c2-c2c1cc(O)c(O)c2O. The normalized spacial score (nSPS) is 16.1. The molecule has 5 aromatic rings. The van der Waals surface area contributed by atoms with Crippen molar-refractivity contribution < 1.29 is 98.7 Å². The summed E-state index contributed by atoms with van der Waals surface area (Å²) in [7, 11) is 0. The molecule has 2 aliphatic rings. The van der Waals surface area contributed by atoms with Gasteiger partial charge in [-0.1, -0.05) is 0 Å². The van der Waals surface area contributed by atoms with E-state index in [9.17, 15) is 85.3 Å². The van der Waals surface area contributed by atoms with E-state index in [-0.39, 0.29) is 0 Å². The summed E-state index contributed by atoms with van der Waals surface area (Å²) in [6, 6.07) is 1.68. The minimum atomic E-state index is -2.58. The number of phenols is 12. The van der Waals surface area contributed by atoms with Crippen LogP contribution in [0.15, 0.2) is 42.7 Å². The first-order valence-corrected chi connectivity index (χ1v) is 14.8. The molecule has 0 aliphatic carbocycles. The van der Waals surface area contributed by atoms with Gasteiger partial charge in [-0.15, -0.1) is 0 Å². The topological polar surface area (TPSA) is 382 Å². The second kappa shape index (κ2) is 11.8. The maximum absolute atomic E-state index is 13.9. The highest BCUT2D eigenvalue weighted by atomic mass is 16.7. The third-order valence-electron chi connectivity index (χ3n) is 8.39. The van der Waals surface area contributed by atoms with Crippen LogP contribution in [-0.4, -0.2) is 85.5 Å². The van der Waals surface area contributed by atoms with Crippen molar-refractivity contribution >= 4 is 39.5 Å². The first-order valence-electron chi connectivity index (χ1n) is 14.8. The van der Waals surface area contributed by atoms with Gasteiger partial charge in [0.15, 0.2) is 46.0 Å². The molecule has 0 amide bonds. The number of esters is 3. The molecule has 55 heavy (non-hydrogen) atoms. The van der Waals surface area contributed by atoms with Gasteiger partial charge >= 0.3 is 29.2 Å². The predicted molar refractivity (Wildman–Crippen MR) is 171 cm³/mol. The molecule has 22 heteroatoms. The number of ether oxygens (including phenoxy) is 3. The fraction of sp³-hybridized carbons (Fsp3) is 0.0606. The Labute approximate surface area is 298 Å². The van der Waals surface area contributed by atoms with Crippen LogP contribution in [-0.2, 0) is 14.2 Å². The van der Waals surface area contributed by atoms with Crippen molar-refractivity contribution in [3.8, 4) is 80.1 Å². The van der Waals surface area contributed by atoms with E-state index in [2.05, 4.69) is 0 Å². The largest absolute Gasteiger partial charge is 0.504 e. The van der Waals surface area contributed by atoms with Gasteiger partial charge in [0.1, 0.15) is 0 Å². The van der Waals surface area contributed by atoms with Crippen LogP contribution >= 0.6 is 0 Å². The average Bonchev–Trinajstić information content (AvgIpc) is 3.13. The second-order valence-electron chi connectivity index (χ2n) is 11.5. The highest BCUT2D eigenvalue weighted by molar-refractivity contribution is 6.14. The molecule has 4 aromatic carbocycles. The zero-order valence-corrected chi connectivity index (χ0v) is 26.4. The number of carbonyl (C=O) groups is 3. The van der Waals surface area contributed by atoms with Crippen molar-refractivity contribution in [2.24, 2.45) is 0 Å². The fourth-order valence-electron chi connectivity index (χ4n) is 5.85. The summed E-state index contributed by atoms with van der Waals surface area (Å²) in [5.41, 5.74) is -7.75. The van der Waals surface area contributed by atoms with Crippen LogP contribution in [0.1, 0.15) is 43.1 Å². The van der Waals surface area contributed by atoms with Gasteiger partial charge in [-0.05, 0) is 24.3 Å². The Hall–Kier alpha value is -8.43. The monoisotopic (exact) mass is 766 g/mol. The molecule has 0 radical (unpaired) electrons. The Morgan fingerprint density at radius 3 is 1.27 bits per heavy atom. The van der Waals surface area contributed by atoms with Crippen LogP contribution in [0.25, 0.3) is 32.7 Å². The molecule has 3 heterocycles. The molecule has 7 rings (SSSR count). The molecule has 2 atom stereocenters. The third-order valence-corrected chi connectivity index (χ3v) is 8.39. The number of carbonyl (C=O) groups excluding carboxylic acids is 3. The van der Waals surface area contributed by atoms with Crippen molar-refractivity contribution in [3.05, 3.63) is 67.8 Å². The van der Waals surface area contributed by atoms with Crippen molar-refractivity contribution in [1.82, 2.24) is 0 Å². The summed E-state index contributed by atoms with van der Waals surface area (Å²) < 4.78 is 25.9. The van der Waals surface area contributed by atoms with Crippen LogP contribution in [0.5, 0.6) is 69.0 Å². The van der Waals surface area contributed by atoms with Gasteiger partial charge in [0.2, 0.25) is 34.9 Å². The van der Waals surface area contributed by atoms with Crippen molar-refractivity contribution in [2.45, 2.75) is 12.4 Å². The molecule has 2 unspecified atom stereocenters. The van der Waals surface area contributed by atoms with Gasteiger partial charge in [-0.2, -0.15) is 0 Å². The van der Waals surface area contributed by atoms with Gasteiger partial charge in [-0.25, -0.2) is 24.0 Å². The second-order valence-corrected chi connectivity index (χ2v) is 11.5. The van der Waals surface area contributed by atoms with E-state index in [4.69, 9.17) is 23.0 Å². The lowest BCUT2D eigenvalue weighted by atomic mass is 9.91. The minimum Gasteiger partial charge on any atom is -0.504 e. The number of benzene rings is 4. The Balaban J connectivity index is 1.62. The molecule has 0 fully saturated rings. The van der Waals surface area contributed by atoms with E-state index in [0.29, 0.717) is 24.3 Å². The quantitative estimate of drug-likeness (QED) is 0.0788. The highest BCUT2D eigenvalue weighted by Gasteiger charge is 2.47. The maximum atomic E-state index is 13.9. The van der Waals surface area contributed by atoms with Gasteiger partial charge in [0, 0.05) is 21.9 Å². The van der Waals surface area contributed by atoms with Gasteiger partial charge < -0.3 is 84.3 Å². The average molecular weight is 766 g/mol. The van der Waals surface area contributed by atoms with Crippen LogP contribution in [0.2, 0.25) is 0 Å². The van der Waals surface area contributed by atoms with Crippen LogP contribution in [0.4, 0.5) is 0 Å². The first-order chi connectivity index (χ1) is 25.8. The van der Waals surface area contributed by atoms with Crippen molar-refractivity contribution in [1.29, 1.82) is 0 Å². The standard InChI is InChI=1S/C33H18O22/c34-9-1-5-13(21(42)17(9)38)14-6(2-10(35)18(39)22(14)43)29(47)52-26-25(51-28(5)46)27-33(55-32(26)50)54-31(49)8-4-12(37)20(41)24(45)16(8)15-7(30(48)53-27)3-11(36)19(40)23(15)44/h1-4,27,33-45H. The molecule has 282 valence electrons. The minimum absolute atomic E-state index is 0.407. The van der Waals surface area contributed by atoms with E-state index >= 15 is 0 Å². The lowest BCUT2D eigenvalue weighted by Gasteiger charge is -2.30. The molecular weight excluding hydrogens is 748 g/mol. The lowest BCUT2D eigenvalue weighted by molar-refractivity contribution is -0.155. The third kappa shape index (κ3) is 5.00. The van der Waals surface area contributed by atoms with Crippen LogP contribution in [0, 0.1) is 0 Å². The van der Waals surface area contributed by atoms with Crippen LogP contribution in [0.3, 0.4) is 0 Å². The molecule has 0 saturated heterocycles. The smallest absolute Gasteiger partial charge is 0.381 e. The predicted octanol–water partition coefficient (Wildman–Crippen LogP) is 1.72. The van der Waals surface area contributed by atoms with E-state index in [0.717, 1.165) is 0 Å². The summed E-state index contributed by atoms with van der Waals surface area (Å²) in [5.74, 6) is -24.1. The Morgan fingerprint density at radius 2 is 0.800 bits per heavy atom. The number of phenolic OH excluding ortho intramolecular Hbond substituents is 12. The zero-order chi connectivity index (χ0) is 40.1. The van der Waals surface area contributed by atoms with Crippen molar-refractivity contribution in [2.75, 3.05) is 0 Å². The van der Waals surface area contributed by atoms with Crippen molar-refractivity contribution in [3.63, 3.8) is 0 Å². The van der Waals surface area contributed by atoms with E-state index in [1.54, 1.807) is 0 Å². The molecule has 0 bridgehead atoms. The Morgan fingerprint density at radius 1 is 0.418 bits per heavy atom. The number of hydrogen-bond donors (Lipinski definition) is 12. The number of fused-ring (bicyclic) bond motifs is 9. The highest BCUT2D eigenvalue weighted by Crippen LogP contribution is 2.54. The maximum Gasteiger partial charge on any atom is 0.381 e. The molecule has 1 aromatic heterocycles. The summed E-state index contributed by atoms with van der Waals surface area (Å²) in [6.07, 6.45) is -5.15. The molecule has 0 spiro atoms. The number of rotatable bonds is 0. The fourth-order valence-corrected chi connectivity index (χ4v) is 5.85. The number of aromatic hydroxyl groups is 12. The first kappa shape index (κ1) is 35.0. The Bertz CT molecular complexity index is 2830.